The molecule has 0 aliphatic rings. The lowest BCUT2D eigenvalue weighted by atomic mass is 10.0. The topological polar surface area (TPSA) is 88.5 Å². The Labute approximate surface area is 236 Å². The molecule has 0 aliphatic heterocycles. The fourth-order valence-electron chi connectivity index (χ4n) is 4.51. The highest BCUT2D eigenvalue weighted by molar-refractivity contribution is 5.93. The lowest BCUT2D eigenvalue weighted by Gasteiger charge is -2.12. The predicted octanol–water partition coefficient (Wildman–Crippen LogP) is 6.19. The summed E-state index contributed by atoms with van der Waals surface area (Å²) in [4.78, 5) is 16.9. The summed E-state index contributed by atoms with van der Waals surface area (Å²) in [7, 11) is 0. The number of carbonyl (C=O) groups is 1. The van der Waals surface area contributed by atoms with Gasteiger partial charge in [0.25, 0.3) is 0 Å². The van der Waals surface area contributed by atoms with E-state index in [9.17, 15) is 27.6 Å². The van der Waals surface area contributed by atoms with Gasteiger partial charge in [-0.05, 0) is 29.3 Å². The molecular formula is C30H21F5N6O. The summed E-state index contributed by atoms with van der Waals surface area (Å²) in [5.41, 5.74) is -0.827. The van der Waals surface area contributed by atoms with Gasteiger partial charge in [0, 0.05) is 41.9 Å². The van der Waals surface area contributed by atoms with Crippen molar-refractivity contribution in [2.45, 2.75) is 25.7 Å². The molecule has 0 atom stereocenters. The quantitative estimate of drug-likeness (QED) is 0.223. The Bertz CT molecular complexity index is 1790. The first-order valence-electron chi connectivity index (χ1n) is 12.6. The van der Waals surface area contributed by atoms with E-state index in [4.69, 9.17) is 0 Å². The standard InChI is InChI=1S/C30H21F5N6O/c31-25-13-23(39-27(42)12-20-7-4-8-24(29(20)32)30(33,34)35)11-21(14-36)28(25)22-15-38-41(17-22)18-26-37-9-10-40(26)16-19-5-2-1-3-6-19/h1-11,13,15,17H,12,16,18H2,(H,39,42). The molecular weight excluding hydrogens is 555 g/mol. The minimum atomic E-state index is -4.92. The van der Waals surface area contributed by atoms with Crippen molar-refractivity contribution in [2.24, 2.45) is 0 Å². The Morgan fingerprint density at radius 3 is 2.55 bits per heavy atom. The van der Waals surface area contributed by atoms with Gasteiger partial charge in [-0.2, -0.15) is 23.5 Å². The monoisotopic (exact) mass is 576 g/mol. The molecule has 0 aliphatic carbocycles. The van der Waals surface area contributed by atoms with Crippen molar-refractivity contribution in [3.63, 3.8) is 0 Å². The summed E-state index contributed by atoms with van der Waals surface area (Å²) in [6, 6.07) is 16.5. The van der Waals surface area contributed by atoms with Crippen molar-refractivity contribution >= 4 is 11.6 Å². The zero-order valence-corrected chi connectivity index (χ0v) is 21.7. The van der Waals surface area contributed by atoms with Crippen molar-refractivity contribution in [1.82, 2.24) is 19.3 Å². The van der Waals surface area contributed by atoms with Crippen LogP contribution < -0.4 is 5.32 Å². The number of amides is 1. The second kappa shape index (κ2) is 11.7. The number of nitriles is 1. The number of rotatable bonds is 8. The van der Waals surface area contributed by atoms with Crippen LogP contribution in [0.25, 0.3) is 11.1 Å². The van der Waals surface area contributed by atoms with E-state index >= 15 is 4.39 Å². The van der Waals surface area contributed by atoms with Crippen LogP contribution in [0.1, 0.15) is 28.1 Å². The molecule has 42 heavy (non-hydrogen) atoms. The molecule has 3 aromatic carbocycles. The number of imidazole rings is 1. The number of hydrogen-bond acceptors (Lipinski definition) is 4. The molecule has 2 aromatic heterocycles. The summed E-state index contributed by atoms with van der Waals surface area (Å²) in [6.45, 7) is 0.884. The first kappa shape index (κ1) is 28.2. The summed E-state index contributed by atoms with van der Waals surface area (Å²) in [6.07, 6.45) is 0.828. The Kier molecular flexibility index (Phi) is 7.84. The van der Waals surface area contributed by atoms with E-state index in [-0.39, 0.29) is 23.4 Å². The van der Waals surface area contributed by atoms with Crippen molar-refractivity contribution in [3.05, 3.63) is 125 Å². The molecule has 5 aromatic rings. The van der Waals surface area contributed by atoms with Gasteiger partial charge in [0.15, 0.2) is 0 Å². The van der Waals surface area contributed by atoms with E-state index in [1.807, 2.05) is 47.2 Å². The maximum atomic E-state index is 15.3. The second-order valence-electron chi connectivity index (χ2n) is 9.38. The second-order valence-corrected chi connectivity index (χ2v) is 9.38. The highest BCUT2D eigenvalue weighted by atomic mass is 19.4. The van der Waals surface area contributed by atoms with Gasteiger partial charge in [-0.1, -0.05) is 42.5 Å². The molecule has 12 heteroatoms. The SMILES string of the molecule is N#Cc1cc(NC(=O)Cc2cccc(C(F)(F)F)c2F)cc(F)c1-c1cnn(Cc2nccn2Cc2ccccc2)c1. The molecule has 5 rings (SSSR count). The number of carbonyl (C=O) groups excluding carboxylic acids is 1. The minimum absolute atomic E-state index is 0.0432. The van der Waals surface area contributed by atoms with E-state index in [1.165, 1.54) is 12.3 Å². The van der Waals surface area contributed by atoms with Crippen molar-refractivity contribution in [2.75, 3.05) is 5.32 Å². The third-order valence-corrected chi connectivity index (χ3v) is 6.45. The highest BCUT2D eigenvalue weighted by Crippen LogP contribution is 2.33. The van der Waals surface area contributed by atoms with E-state index in [0.717, 1.165) is 23.8 Å². The van der Waals surface area contributed by atoms with Crippen LogP contribution in [0.4, 0.5) is 27.6 Å². The lowest BCUT2D eigenvalue weighted by molar-refractivity contribution is -0.140. The molecule has 0 saturated heterocycles. The normalized spacial score (nSPS) is 11.3. The van der Waals surface area contributed by atoms with Crippen LogP contribution in [0.15, 0.2) is 85.5 Å². The third kappa shape index (κ3) is 6.20. The number of aromatic nitrogens is 4. The number of benzene rings is 3. The van der Waals surface area contributed by atoms with Crippen LogP contribution in [0.3, 0.4) is 0 Å². The Balaban J connectivity index is 1.32. The molecule has 0 unspecified atom stereocenters. The maximum absolute atomic E-state index is 15.3. The van der Waals surface area contributed by atoms with Crippen LogP contribution in [0.2, 0.25) is 0 Å². The van der Waals surface area contributed by atoms with Crippen molar-refractivity contribution in [3.8, 4) is 17.2 Å². The highest BCUT2D eigenvalue weighted by Gasteiger charge is 2.35. The Morgan fingerprint density at radius 2 is 1.81 bits per heavy atom. The van der Waals surface area contributed by atoms with E-state index in [2.05, 4.69) is 15.4 Å². The number of alkyl halides is 3. The zero-order valence-electron chi connectivity index (χ0n) is 21.7. The molecule has 0 radical (unpaired) electrons. The first-order chi connectivity index (χ1) is 20.1. The fourth-order valence-corrected chi connectivity index (χ4v) is 4.51. The Hall–Kier alpha value is -5.31. The largest absolute Gasteiger partial charge is 0.419 e. The number of nitrogens with one attached hydrogen (secondary N) is 1. The molecule has 0 saturated carbocycles. The summed E-state index contributed by atoms with van der Waals surface area (Å²) in [5, 5.41) is 16.3. The van der Waals surface area contributed by atoms with Crippen LogP contribution >= 0.6 is 0 Å². The maximum Gasteiger partial charge on any atom is 0.419 e. The van der Waals surface area contributed by atoms with Crippen LogP contribution in [-0.4, -0.2) is 25.2 Å². The number of hydrogen-bond donors (Lipinski definition) is 1. The van der Waals surface area contributed by atoms with Crippen LogP contribution in [-0.2, 0) is 30.5 Å². The van der Waals surface area contributed by atoms with Crippen molar-refractivity contribution < 1.29 is 26.7 Å². The third-order valence-electron chi connectivity index (χ3n) is 6.45. The van der Waals surface area contributed by atoms with Gasteiger partial charge in [0.1, 0.15) is 17.5 Å². The Morgan fingerprint density at radius 1 is 1.02 bits per heavy atom. The molecule has 0 spiro atoms. The molecule has 212 valence electrons. The number of nitrogens with zero attached hydrogens (tertiary/aromatic N) is 5. The predicted molar refractivity (Wildman–Crippen MR) is 143 cm³/mol. The minimum Gasteiger partial charge on any atom is -0.329 e. The number of anilines is 1. The summed E-state index contributed by atoms with van der Waals surface area (Å²) < 4.78 is 72.1. The van der Waals surface area contributed by atoms with E-state index in [1.54, 1.807) is 17.1 Å². The van der Waals surface area contributed by atoms with E-state index < -0.39 is 41.3 Å². The van der Waals surface area contributed by atoms with Crippen molar-refractivity contribution in [1.29, 1.82) is 5.26 Å². The van der Waals surface area contributed by atoms with Gasteiger partial charge < -0.3 is 9.88 Å². The molecule has 2 heterocycles. The molecule has 7 nitrogen and oxygen atoms in total. The molecule has 0 fully saturated rings. The van der Waals surface area contributed by atoms with Gasteiger partial charge in [0.05, 0.1) is 36.4 Å². The number of halogens is 5. The lowest BCUT2D eigenvalue weighted by Crippen LogP contribution is -2.17. The van der Waals surface area contributed by atoms with Crippen LogP contribution in [0, 0.1) is 23.0 Å². The average molecular weight is 577 g/mol. The smallest absolute Gasteiger partial charge is 0.329 e. The van der Waals surface area contributed by atoms with E-state index in [0.29, 0.717) is 24.0 Å². The first-order valence-corrected chi connectivity index (χ1v) is 12.6. The fraction of sp³-hybridized carbons (Fsp3) is 0.133. The van der Waals surface area contributed by atoms with Crippen LogP contribution in [0.5, 0.6) is 0 Å². The zero-order chi connectivity index (χ0) is 29.9. The van der Waals surface area contributed by atoms with Gasteiger partial charge >= 0.3 is 6.18 Å². The van der Waals surface area contributed by atoms with Gasteiger partial charge in [-0.15, -0.1) is 0 Å². The molecule has 1 amide bonds. The van der Waals surface area contributed by atoms with Gasteiger partial charge in [-0.25, -0.2) is 13.8 Å². The van der Waals surface area contributed by atoms with Gasteiger partial charge in [-0.3, -0.25) is 9.48 Å². The molecule has 0 bridgehead atoms. The molecule has 1 N–H and O–H groups in total. The summed E-state index contributed by atoms with van der Waals surface area (Å²) in [5.74, 6) is -2.56. The average Bonchev–Trinajstić information content (AvgIpc) is 3.59. The summed E-state index contributed by atoms with van der Waals surface area (Å²) >= 11 is 0. The van der Waals surface area contributed by atoms with Gasteiger partial charge in [0.2, 0.25) is 5.91 Å².